The van der Waals surface area contributed by atoms with Crippen LogP contribution in [0.1, 0.15) is 11.1 Å². The first-order chi connectivity index (χ1) is 12.2. The number of ether oxygens (including phenoxy) is 2. The first-order valence-corrected chi connectivity index (χ1v) is 8.30. The minimum atomic E-state index is 0. The van der Waals surface area contributed by atoms with Gasteiger partial charge >= 0.3 is 0 Å². The van der Waals surface area contributed by atoms with Crippen LogP contribution in [0.5, 0.6) is 11.5 Å². The summed E-state index contributed by atoms with van der Waals surface area (Å²) in [5.74, 6) is 2.15. The molecule has 0 saturated heterocycles. The number of methoxy groups -OCH3 is 2. The Morgan fingerprint density at radius 1 is 1.15 bits per heavy atom. The molecule has 26 heavy (non-hydrogen) atoms. The molecule has 2 aromatic rings. The van der Waals surface area contributed by atoms with Gasteiger partial charge < -0.3 is 20.1 Å². The van der Waals surface area contributed by atoms with E-state index >= 15 is 0 Å². The van der Waals surface area contributed by atoms with Gasteiger partial charge in [0.2, 0.25) is 0 Å². The maximum Gasteiger partial charge on any atom is 0.191 e. The molecular formula is C18H24ClIN4O2. The lowest BCUT2D eigenvalue weighted by Gasteiger charge is -2.15. The third-order valence-corrected chi connectivity index (χ3v) is 3.87. The van der Waals surface area contributed by atoms with Crippen molar-refractivity contribution in [1.29, 1.82) is 0 Å². The topological polar surface area (TPSA) is 67.8 Å². The van der Waals surface area contributed by atoms with Crippen LogP contribution in [0, 0.1) is 0 Å². The summed E-state index contributed by atoms with van der Waals surface area (Å²) in [5.41, 5.74) is 2.11. The largest absolute Gasteiger partial charge is 0.493 e. The molecule has 2 rings (SSSR count). The van der Waals surface area contributed by atoms with Crippen molar-refractivity contribution < 1.29 is 9.47 Å². The van der Waals surface area contributed by atoms with E-state index in [-0.39, 0.29) is 24.0 Å². The van der Waals surface area contributed by atoms with Gasteiger partial charge in [-0.25, -0.2) is 4.98 Å². The van der Waals surface area contributed by atoms with Gasteiger partial charge in [-0.3, -0.25) is 4.99 Å². The van der Waals surface area contributed by atoms with Crippen molar-refractivity contribution in [3.63, 3.8) is 0 Å². The summed E-state index contributed by atoms with van der Waals surface area (Å²) in [4.78, 5) is 8.31. The maximum atomic E-state index is 5.79. The molecule has 2 N–H and O–H groups in total. The van der Waals surface area contributed by atoms with Crippen LogP contribution in [0.4, 0.5) is 0 Å². The quantitative estimate of drug-likeness (QED) is 0.270. The third kappa shape index (κ3) is 6.53. The molecule has 0 spiro atoms. The monoisotopic (exact) mass is 490 g/mol. The predicted molar refractivity (Wildman–Crippen MR) is 116 cm³/mol. The van der Waals surface area contributed by atoms with Crippen molar-refractivity contribution in [2.75, 3.05) is 27.8 Å². The molecule has 0 atom stereocenters. The molecule has 0 fully saturated rings. The van der Waals surface area contributed by atoms with Gasteiger partial charge in [0.25, 0.3) is 0 Å². The molecule has 1 aromatic carbocycles. The number of rotatable bonds is 7. The fourth-order valence-electron chi connectivity index (χ4n) is 2.37. The highest BCUT2D eigenvalue weighted by molar-refractivity contribution is 14.0. The standard InChI is InChI=1S/C18H23ClN4O2.HI/c1-20-18(21-10-9-13-7-8-16(19)22-11-13)23-12-14-5-4-6-15(24-2)17(14)25-3;/h4-8,11H,9-10,12H2,1-3H3,(H2,20,21,23);1H. The average molecular weight is 491 g/mol. The van der Waals surface area contributed by atoms with Crippen LogP contribution in [-0.4, -0.2) is 38.8 Å². The lowest BCUT2D eigenvalue weighted by atomic mass is 10.2. The number of pyridine rings is 1. The summed E-state index contributed by atoms with van der Waals surface area (Å²) < 4.78 is 10.8. The number of hydrogen-bond acceptors (Lipinski definition) is 4. The Hall–Kier alpha value is -1.74. The van der Waals surface area contributed by atoms with Gasteiger partial charge in [-0.05, 0) is 24.1 Å². The third-order valence-electron chi connectivity index (χ3n) is 3.65. The number of aromatic nitrogens is 1. The van der Waals surface area contributed by atoms with Crippen molar-refractivity contribution >= 4 is 41.5 Å². The van der Waals surface area contributed by atoms with E-state index in [2.05, 4.69) is 20.6 Å². The summed E-state index contributed by atoms with van der Waals surface area (Å²) in [5, 5.41) is 7.05. The fraction of sp³-hybridized carbons (Fsp3) is 0.333. The van der Waals surface area contributed by atoms with Gasteiger partial charge in [0.05, 0.1) is 14.2 Å². The average Bonchev–Trinajstić information content (AvgIpc) is 2.65. The Morgan fingerprint density at radius 2 is 1.96 bits per heavy atom. The van der Waals surface area contributed by atoms with Gasteiger partial charge in [-0.1, -0.05) is 29.8 Å². The Bertz CT molecular complexity index is 711. The van der Waals surface area contributed by atoms with Gasteiger partial charge in [0.15, 0.2) is 17.5 Å². The van der Waals surface area contributed by atoms with Crippen molar-refractivity contribution in [3.8, 4) is 11.5 Å². The molecular weight excluding hydrogens is 467 g/mol. The molecule has 0 amide bonds. The summed E-state index contributed by atoms with van der Waals surface area (Å²) >= 11 is 5.79. The molecule has 0 aliphatic rings. The van der Waals surface area contributed by atoms with Crippen LogP contribution in [0.15, 0.2) is 41.5 Å². The molecule has 0 unspecified atom stereocenters. The molecule has 1 heterocycles. The summed E-state index contributed by atoms with van der Waals surface area (Å²) in [6.45, 7) is 1.31. The second-order valence-corrected chi connectivity index (χ2v) is 5.63. The molecule has 0 saturated carbocycles. The number of benzene rings is 1. The number of nitrogens with one attached hydrogen (secondary N) is 2. The van der Waals surface area contributed by atoms with Gasteiger partial charge in [-0.2, -0.15) is 0 Å². The Kier molecular flexibility index (Phi) is 10.1. The minimum Gasteiger partial charge on any atom is -0.493 e. The second-order valence-electron chi connectivity index (χ2n) is 5.24. The van der Waals surface area contributed by atoms with Crippen molar-refractivity contribution in [2.24, 2.45) is 4.99 Å². The Balaban J connectivity index is 0.00000338. The SMILES string of the molecule is CN=C(NCCc1ccc(Cl)nc1)NCc1cccc(OC)c1OC.I. The van der Waals surface area contributed by atoms with E-state index in [1.54, 1.807) is 33.5 Å². The number of halogens is 2. The maximum absolute atomic E-state index is 5.79. The zero-order valence-electron chi connectivity index (χ0n) is 15.1. The highest BCUT2D eigenvalue weighted by Crippen LogP contribution is 2.30. The number of para-hydroxylation sites is 1. The summed E-state index contributed by atoms with van der Waals surface area (Å²) in [7, 11) is 5.00. The molecule has 8 heteroatoms. The zero-order valence-corrected chi connectivity index (χ0v) is 18.2. The predicted octanol–water partition coefficient (Wildman–Crippen LogP) is 3.28. The number of nitrogens with zero attached hydrogens (tertiary/aromatic N) is 2. The van der Waals surface area contributed by atoms with E-state index in [0.29, 0.717) is 23.4 Å². The molecule has 0 radical (unpaired) electrons. The molecule has 142 valence electrons. The van der Waals surface area contributed by atoms with E-state index in [1.807, 2.05) is 24.3 Å². The molecule has 0 bridgehead atoms. The highest BCUT2D eigenvalue weighted by Gasteiger charge is 2.09. The number of hydrogen-bond donors (Lipinski definition) is 2. The lowest BCUT2D eigenvalue weighted by molar-refractivity contribution is 0.351. The van der Waals surface area contributed by atoms with Crippen molar-refractivity contribution in [3.05, 3.63) is 52.8 Å². The van der Waals surface area contributed by atoms with Crippen LogP contribution in [-0.2, 0) is 13.0 Å². The van der Waals surface area contributed by atoms with E-state index in [4.69, 9.17) is 21.1 Å². The zero-order chi connectivity index (χ0) is 18.1. The highest BCUT2D eigenvalue weighted by atomic mass is 127. The smallest absolute Gasteiger partial charge is 0.191 e. The van der Waals surface area contributed by atoms with Crippen LogP contribution in [0.3, 0.4) is 0 Å². The molecule has 0 aliphatic heterocycles. The van der Waals surface area contributed by atoms with Crippen molar-refractivity contribution in [1.82, 2.24) is 15.6 Å². The normalized spacial score (nSPS) is 10.7. The van der Waals surface area contributed by atoms with E-state index in [9.17, 15) is 0 Å². The minimum absolute atomic E-state index is 0. The van der Waals surface area contributed by atoms with Crippen LogP contribution < -0.4 is 20.1 Å². The summed E-state index contributed by atoms with van der Waals surface area (Å²) in [6.07, 6.45) is 2.61. The molecule has 1 aromatic heterocycles. The van der Waals surface area contributed by atoms with Crippen LogP contribution in [0.2, 0.25) is 5.15 Å². The Morgan fingerprint density at radius 3 is 2.58 bits per heavy atom. The number of aliphatic imine (C=N–C) groups is 1. The van der Waals surface area contributed by atoms with Crippen LogP contribution in [0.25, 0.3) is 0 Å². The van der Waals surface area contributed by atoms with E-state index < -0.39 is 0 Å². The number of guanidine groups is 1. The first kappa shape index (κ1) is 22.3. The molecule has 0 aliphatic carbocycles. The van der Waals surface area contributed by atoms with Gasteiger partial charge in [0.1, 0.15) is 5.15 Å². The van der Waals surface area contributed by atoms with Gasteiger partial charge in [-0.15, -0.1) is 24.0 Å². The Labute approximate surface area is 176 Å². The van der Waals surface area contributed by atoms with Crippen LogP contribution >= 0.6 is 35.6 Å². The molecule has 6 nitrogen and oxygen atoms in total. The first-order valence-electron chi connectivity index (χ1n) is 7.92. The van der Waals surface area contributed by atoms with Crippen molar-refractivity contribution in [2.45, 2.75) is 13.0 Å². The van der Waals surface area contributed by atoms with Gasteiger partial charge in [0, 0.05) is 31.9 Å². The second kappa shape index (κ2) is 11.8. The fourth-order valence-corrected chi connectivity index (χ4v) is 2.48. The van der Waals surface area contributed by atoms with E-state index in [0.717, 1.165) is 29.8 Å². The summed E-state index contributed by atoms with van der Waals surface area (Å²) in [6, 6.07) is 9.55. The van der Waals surface area contributed by atoms with E-state index in [1.165, 1.54) is 0 Å². The lowest BCUT2D eigenvalue weighted by Crippen LogP contribution is -2.37.